The molecule has 1 atom stereocenters. The van der Waals surface area contributed by atoms with Gasteiger partial charge in [-0.3, -0.25) is 20.4 Å². The fourth-order valence-corrected chi connectivity index (χ4v) is 2.36. The maximum atomic E-state index is 12.2. The van der Waals surface area contributed by atoms with Crippen LogP contribution in [0.15, 0.2) is 48.5 Å². The average molecular weight is 356 g/mol. The average Bonchev–Trinajstić information content (AvgIpc) is 2.65. The lowest BCUT2D eigenvalue weighted by molar-refractivity contribution is -0.133. The lowest BCUT2D eigenvalue weighted by Crippen LogP contribution is -2.48. The summed E-state index contributed by atoms with van der Waals surface area (Å²) in [5, 5.41) is 0. The minimum absolute atomic E-state index is 0.153. The molecule has 2 aromatic carbocycles. The number of methoxy groups -OCH3 is 1. The molecule has 2 rings (SSSR count). The second-order valence-electron chi connectivity index (χ2n) is 5.89. The monoisotopic (exact) mass is 356 g/mol. The number of carbonyl (C=O) groups excluding carboxylic acids is 2. The summed E-state index contributed by atoms with van der Waals surface area (Å²) in [5.74, 6) is 0.643. The van der Waals surface area contributed by atoms with Gasteiger partial charge in [-0.15, -0.1) is 0 Å². The van der Waals surface area contributed by atoms with E-state index < -0.39 is 12.0 Å². The van der Waals surface area contributed by atoms with E-state index in [0.29, 0.717) is 12.2 Å². The van der Waals surface area contributed by atoms with Crippen LogP contribution in [0.4, 0.5) is 0 Å². The Morgan fingerprint density at radius 2 is 1.77 bits per heavy atom. The molecule has 0 heterocycles. The molecule has 0 saturated carbocycles. The minimum Gasteiger partial charge on any atom is -0.497 e. The number of hydrazine groups is 1. The molecule has 1 unspecified atom stereocenters. The smallest absolute Gasteiger partial charge is 0.279 e. The van der Waals surface area contributed by atoms with E-state index in [1.54, 1.807) is 37.4 Å². The molecule has 2 amide bonds. The number of carbonyl (C=O) groups is 2. The molecule has 0 aliphatic heterocycles. The van der Waals surface area contributed by atoms with Gasteiger partial charge in [0.2, 0.25) is 5.91 Å². The zero-order valence-corrected chi connectivity index (χ0v) is 15.2. The summed E-state index contributed by atoms with van der Waals surface area (Å²) in [6.45, 7) is 3.80. The predicted molar refractivity (Wildman–Crippen MR) is 98.9 cm³/mol. The van der Waals surface area contributed by atoms with Crippen molar-refractivity contribution in [3.8, 4) is 11.5 Å². The van der Waals surface area contributed by atoms with Crippen LogP contribution in [0.3, 0.4) is 0 Å². The van der Waals surface area contributed by atoms with Crippen LogP contribution in [0.2, 0.25) is 0 Å². The van der Waals surface area contributed by atoms with Gasteiger partial charge in [-0.1, -0.05) is 31.2 Å². The number of benzene rings is 2. The summed E-state index contributed by atoms with van der Waals surface area (Å²) < 4.78 is 10.8. The Kier molecular flexibility index (Phi) is 7.02. The number of amides is 2. The van der Waals surface area contributed by atoms with Gasteiger partial charge < -0.3 is 9.47 Å². The second-order valence-corrected chi connectivity index (χ2v) is 5.89. The van der Waals surface area contributed by atoms with E-state index in [0.717, 1.165) is 16.9 Å². The third-order valence-corrected chi connectivity index (χ3v) is 3.78. The molecule has 0 bridgehead atoms. The third kappa shape index (κ3) is 5.81. The van der Waals surface area contributed by atoms with Crippen LogP contribution in [0, 0.1) is 6.92 Å². The maximum Gasteiger partial charge on any atom is 0.279 e. The maximum absolute atomic E-state index is 12.2. The van der Waals surface area contributed by atoms with Crippen LogP contribution in [0.5, 0.6) is 11.5 Å². The summed E-state index contributed by atoms with van der Waals surface area (Å²) in [5.41, 5.74) is 6.71. The highest BCUT2D eigenvalue weighted by molar-refractivity contribution is 5.85. The molecule has 0 spiro atoms. The number of rotatable bonds is 7. The molecule has 2 aromatic rings. The fraction of sp³-hybridized carbons (Fsp3) is 0.300. The summed E-state index contributed by atoms with van der Waals surface area (Å²) in [6.07, 6.45) is -0.0495. The van der Waals surface area contributed by atoms with Crippen molar-refractivity contribution in [1.82, 2.24) is 10.9 Å². The van der Waals surface area contributed by atoms with Crippen molar-refractivity contribution in [3.05, 3.63) is 59.7 Å². The first-order valence-corrected chi connectivity index (χ1v) is 8.46. The van der Waals surface area contributed by atoms with Crippen LogP contribution in [0.25, 0.3) is 0 Å². The summed E-state index contributed by atoms with van der Waals surface area (Å²) in [7, 11) is 1.58. The molecule has 0 aliphatic rings. The fourth-order valence-electron chi connectivity index (χ4n) is 2.36. The quantitative estimate of drug-likeness (QED) is 0.748. The van der Waals surface area contributed by atoms with Crippen molar-refractivity contribution in [2.75, 3.05) is 7.11 Å². The SMILES string of the molecule is CCC(Oc1cccc(C)c1)C(=O)NNC(=O)Cc1ccc(OC)cc1. The van der Waals surface area contributed by atoms with E-state index in [9.17, 15) is 9.59 Å². The second kappa shape index (κ2) is 9.46. The zero-order valence-electron chi connectivity index (χ0n) is 15.2. The molecule has 0 aromatic heterocycles. The highest BCUT2D eigenvalue weighted by Crippen LogP contribution is 2.15. The first-order valence-electron chi connectivity index (χ1n) is 8.46. The number of aryl methyl sites for hydroxylation is 1. The summed E-state index contributed by atoms with van der Waals surface area (Å²) in [4.78, 5) is 24.2. The van der Waals surface area contributed by atoms with Gasteiger partial charge in [0.1, 0.15) is 11.5 Å². The summed E-state index contributed by atoms with van der Waals surface area (Å²) in [6, 6.07) is 14.6. The van der Waals surface area contributed by atoms with Gasteiger partial charge in [0.25, 0.3) is 5.91 Å². The number of ether oxygens (including phenoxy) is 2. The molecular weight excluding hydrogens is 332 g/mol. The standard InChI is InChI=1S/C20H24N2O4/c1-4-18(26-17-7-5-6-14(2)12-17)20(24)22-21-19(23)13-15-8-10-16(25-3)11-9-15/h5-12,18H,4,13H2,1-3H3,(H,21,23)(H,22,24). The van der Waals surface area contributed by atoms with Crippen molar-refractivity contribution < 1.29 is 19.1 Å². The zero-order chi connectivity index (χ0) is 18.9. The van der Waals surface area contributed by atoms with E-state index in [1.165, 1.54) is 0 Å². The van der Waals surface area contributed by atoms with Crippen LogP contribution in [-0.2, 0) is 16.0 Å². The minimum atomic E-state index is -0.682. The predicted octanol–water partition coefficient (Wildman–Crippen LogP) is 2.55. The molecule has 2 N–H and O–H groups in total. The topological polar surface area (TPSA) is 76.7 Å². The lowest BCUT2D eigenvalue weighted by atomic mass is 10.1. The van der Waals surface area contributed by atoms with Gasteiger partial charge >= 0.3 is 0 Å². The number of nitrogens with one attached hydrogen (secondary N) is 2. The number of hydrogen-bond donors (Lipinski definition) is 2. The number of hydrogen-bond acceptors (Lipinski definition) is 4. The van der Waals surface area contributed by atoms with Gasteiger partial charge in [0.15, 0.2) is 6.10 Å². The molecule has 0 fully saturated rings. The Hall–Kier alpha value is -3.02. The Labute approximate surface area is 153 Å². The molecular formula is C20H24N2O4. The van der Waals surface area contributed by atoms with Crippen molar-refractivity contribution in [1.29, 1.82) is 0 Å². The van der Waals surface area contributed by atoms with E-state index in [-0.39, 0.29) is 12.3 Å². The van der Waals surface area contributed by atoms with Gasteiger partial charge in [-0.25, -0.2) is 0 Å². The Balaban J connectivity index is 1.84. The normalized spacial score (nSPS) is 11.3. The molecule has 6 nitrogen and oxygen atoms in total. The van der Waals surface area contributed by atoms with Gasteiger partial charge in [0, 0.05) is 0 Å². The molecule has 138 valence electrons. The molecule has 0 aliphatic carbocycles. The van der Waals surface area contributed by atoms with Crippen LogP contribution < -0.4 is 20.3 Å². The Morgan fingerprint density at radius 3 is 2.38 bits per heavy atom. The summed E-state index contributed by atoms with van der Waals surface area (Å²) >= 11 is 0. The van der Waals surface area contributed by atoms with Crippen LogP contribution in [-0.4, -0.2) is 25.0 Å². The van der Waals surface area contributed by atoms with Crippen molar-refractivity contribution in [3.63, 3.8) is 0 Å². The van der Waals surface area contributed by atoms with Crippen LogP contribution >= 0.6 is 0 Å². The lowest BCUT2D eigenvalue weighted by Gasteiger charge is -2.18. The van der Waals surface area contributed by atoms with Gasteiger partial charge in [-0.2, -0.15) is 0 Å². The first-order chi connectivity index (χ1) is 12.5. The third-order valence-electron chi connectivity index (χ3n) is 3.78. The van der Waals surface area contributed by atoms with E-state index >= 15 is 0 Å². The Morgan fingerprint density at radius 1 is 1.04 bits per heavy atom. The van der Waals surface area contributed by atoms with E-state index in [4.69, 9.17) is 9.47 Å². The van der Waals surface area contributed by atoms with Crippen molar-refractivity contribution in [2.24, 2.45) is 0 Å². The highest BCUT2D eigenvalue weighted by Gasteiger charge is 2.19. The first kappa shape index (κ1) is 19.3. The van der Waals surface area contributed by atoms with Gasteiger partial charge in [-0.05, 0) is 48.7 Å². The Bertz CT molecular complexity index is 744. The molecule has 6 heteroatoms. The van der Waals surface area contributed by atoms with Crippen molar-refractivity contribution >= 4 is 11.8 Å². The van der Waals surface area contributed by atoms with E-state index in [2.05, 4.69) is 10.9 Å². The van der Waals surface area contributed by atoms with Gasteiger partial charge in [0.05, 0.1) is 13.5 Å². The largest absolute Gasteiger partial charge is 0.497 e. The molecule has 26 heavy (non-hydrogen) atoms. The van der Waals surface area contributed by atoms with E-state index in [1.807, 2.05) is 32.0 Å². The molecule has 0 saturated heterocycles. The van der Waals surface area contributed by atoms with Crippen molar-refractivity contribution in [2.45, 2.75) is 32.8 Å². The van der Waals surface area contributed by atoms with Crippen LogP contribution in [0.1, 0.15) is 24.5 Å². The highest BCUT2D eigenvalue weighted by atomic mass is 16.5. The molecule has 0 radical (unpaired) electrons.